The van der Waals surface area contributed by atoms with Gasteiger partial charge in [0.15, 0.2) is 0 Å². The average Bonchev–Trinajstić information content (AvgIpc) is 2.79. The molecule has 2 nitrogen and oxygen atoms in total. The lowest BCUT2D eigenvalue weighted by atomic mass is 9.81. The maximum absolute atomic E-state index is 9.38. The smallest absolute Gasteiger partial charge is 0.0459 e. The molecule has 0 spiro atoms. The molecule has 0 unspecified atom stereocenters. The van der Waals surface area contributed by atoms with Crippen LogP contribution in [0.5, 0.6) is 0 Å². The molecule has 0 atom stereocenters. The van der Waals surface area contributed by atoms with E-state index >= 15 is 0 Å². The van der Waals surface area contributed by atoms with Crippen molar-refractivity contribution in [2.24, 2.45) is 11.8 Å². The van der Waals surface area contributed by atoms with Crippen LogP contribution >= 0.6 is 23.4 Å². The summed E-state index contributed by atoms with van der Waals surface area (Å²) in [6.07, 6.45) is 7.27. The van der Waals surface area contributed by atoms with Crippen LogP contribution < -0.4 is 0 Å². The summed E-state index contributed by atoms with van der Waals surface area (Å²) in [4.78, 5) is 5.36. The Morgan fingerprint density at radius 1 is 0.900 bits per heavy atom. The average molecular weight is 440 g/mol. The molecule has 0 amide bonds. The van der Waals surface area contributed by atoms with E-state index in [-0.39, 0.29) is 0 Å². The first-order valence-electron chi connectivity index (χ1n) is 11.3. The van der Waals surface area contributed by atoms with Crippen LogP contribution in [0.1, 0.15) is 49.7 Å². The number of nitrogens with zero attached hydrogens (tertiary/aromatic N) is 1. The third kappa shape index (κ3) is 4.23. The Balaban J connectivity index is 1.35. The summed E-state index contributed by atoms with van der Waals surface area (Å²) < 4.78 is 0. The number of fused-ring (bicyclic) bond motifs is 2. The zero-order chi connectivity index (χ0) is 20.5. The molecule has 2 aromatic carbocycles. The van der Waals surface area contributed by atoms with Crippen molar-refractivity contribution in [1.82, 2.24) is 4.90 Å². The molecule has 0 radical (unpaired) electrons. The Labute approximate surface area is 189 Å². The van der Waals surface area contributed by atoms with Gasteiger partial charge < -0.3 is 10.0 Å². The van der Waals surface area contributed by atoms with Crippen LogP contribution in [0.15, 0.2) is 57.8 Å². The van der Waals surface area contributed by atoms with E-state index in [4.69, 9.17) is 11.6 Å². The van der Waals surface area contributed by atoms with E-state index in [9.17, 15) is 5.11 Å². The van der Waals surface area contributed by atoms with E-state index in [1.54, 1.807) is 5.57 Å². The van der Waals surface area contributed by atoms with Gasteiger partial charge in [-0.25, -0.2) is 0 Å². The predicted octanol–water partition coefficient (Wildman–Crippen LogP) is 6.50. The quantitative estimate of drug-likeness (QED) is 0.503. The number of hydrogen-bond acceptors (Lipinski definition) is 3. The predicted molar refractivity (Wildman–Crippen MR) is 126 cm³/mol. The molecule has 2 fully saturated rings. The van der Waals surface area contributed by atoms with Gasteiger partial charge in [-0.2, -0.15) is 0 Å². The van der Waals surface area contributed by atoms with E-state index < -0.39 is 0 Å². The fraction of sp³-hybridized carbons (Fsp3) is 0.462. The molecule has 5 rings (SSSR count). The highest BCUT2D eigenvalue weighted by Crippen LogP contribution is 2.48. The number of piperidine rings is 1. The fourth-order valence-corrected chi connectivity index (χ4v) is 6.65. The molecule has 0 bridgehead atoms. The molecule has 1 N–H and O–H groups in total. The molecule has 1 saturated carbocycles. The summed E-state index contributed by atoms with van der Waals surface area (Å²) in [6.45, 7) is 3.92. The molecule has 2 heterocycles. The second-order valence-corrected chi connectivity index (χ2v) is 10.6. The summed E-state index contributed by atoms with van der Waals surface area (Å²) in [5.41, 5.74) is 5.72. The highest BCUT2D eigenvalue weighted by Gasteiger charge is 2.28. The highest BCUT2D eigenvalue weighted by molar-refractivity contribution is 7.99. The first-order valence-corrected chi connectivity index (χ1v) is 12.5. The number of rotatable bonds is 3. The van der Waals surface area contributed by atoms with Crippen molar-refractivity contribution in [3.05, 3.63) is 64.2 Å². The number of benzene rings is 2. The Morgan fingerprint density at radius 2 is 1.60 bits per heavy atom. The summed E-state index contributed by atoms with van der Waals surface area (Å²) in [5.74, 6) is 1.36. The molecule has 30 heavy (non-hydrogen) atoms. The molecule has 2 aromatic rings. The molecule has 1 aliphatic carbocycles. The number of halogens is 1. The van der Waals surface area contributed by atoms with Crippen LogP contribution in [0.3, 0.4) is 0 Å². The lowest BCUT2D eigenvalue weighted by Crippen LogP contribution is -2.36. The summed E-state index contributed by atoms with van der Waals surface area (Å²) in [6, 6.07) is 15.2. The van der Waals surface area contributed by atoms with Crippen molar-refractivity contribution < 1.29 is 5.11 Å². The Morgan fingerprint density at radius 3 is 2.37 bits per heavy atom. The number of aliphatic hydroxyl groups is 1. The van der Waals surface area contributed by atoms with Gasteiger partial charge in [0.1, 0.15) is 0 Å². The molecular weight excluding hydrogens is 410 g/mol. The van der Waals surface area contributed by atoms with Crippen molar-refractivity contribution in [3.8, 4) is 0 Å². The Kier molecular flexibility index (Phi) is 6.24. The lowest BCUT2D eigenvalue weighted by Gasteiger charge is -2.36. The summed E-state index contributed by atoms with van der Waals surface area (Å²) in [7, 11) is 0. The van der Waals surface area contributed by atoms with Crippen LogP contribution in [-0.4, -0.2) is 36.2 Å². The maximum atomic E-state index is 9.38. The van der Waals surface area contributed by atoms with Crippen LogP contribution in [0.4, 0.5) is 0 Å². The molecule has 0 aromatic heterocycles. The molecule has 158 valence electrons. The van der Waals surface area contributed by atoms with Gasteiger partial charge in [0.25, 0.3) is 0 Å². The van der Waals surface area contributed by atoms with Gasteiger partial charge in [-0.05, 0) is 91.3 Å². The van der Waals surface area contributed by atoms with Crippen LogP contribution in [0, 0.1) is 11.8 Å². The minimum absolute atomic E-state index is 0.374. The van der Waals surface area contributed by atoms with Crippen molar-refractivity contribution in [2.75, 3.05) is 26.2 Å². The number of hydrogen-bond donors (Lipinski definition) is 1. The molecule has 3 aliphatic rings. The van der Waals surface area contributed by atoms with Gasteiger partial charge in [-0.3, -0.25) is 0 Å². The Hall–Kier alpha value is -1.26. The molecule has 1 saturated heterocycles. The van der Waals surface area contributed by atoms with Crippen molar-refractivity contribution >= 4 is 28.9 Å². The normalized spacial score (nSPS) is 24.5. The van der Waals surface area contributed by atoms with Gasteiger partial charge in [0.2, 0.25) is 0 Å². The number of likely N-dealkylation sites (tertiary alicyclic amines) is 1. The molecular formula is C26H30ClNOS. The van der Waals surface area contributed by atoms with E-state index in [2.05, 4.69) is 41.3 Å². The van der Waals surface area contributed by atoms with Crippen LogP contribution in [-0.2, 0) is 0 Å². The first-order chi connectivity index (χ1) is 14.7. The highest BCUT2D eigenvalue weighted by atomic mass is 35.5. The van der Waals surface area contributed by atoms with E-state index in [1.807, 2.05) is 17.8 Å². The zero-order valence-electron chi connectivity index (χ0n) is 17.4. The topological polar surface area (TPSA) is 23.5 Å². The second kappa shape index (κ2) is 9.08. The van der Waals surface area contributed by atoms with Gasteiger partial charge in [0.05, 0.1) is 0 Å². The van der Waals surface area contributed by atoms with Gasteiger partial charge in [-0.1, -0.05) is 47.1 Å². The van der Waals surface area contributed by atoms with E-state index in [0.29, 0.717) is 12.5 Å². The molecule has 4 heteroatoms. The zero-order valence-corrected chi connectivity index (χ0v) is 19.0. The minimum Gasteiger partial charge on any atom is -0.396 e. The Bertz CT molecular complexity index is 938. The molecule has 2 aliphatic heterocycles. The van der Waals surface area contributed by atoms with Gasteiger partial charge in [0, 0.05) is 41.1 Å². The van der Waals surface area contributed by atoms with Crippen molar-refractivity contribution in [3.63, 3.8) is 0 Å². The van der Waals surface area contributed by atoms with Crippen molar-refractivity contribution in [1.29, 1.82) is 0 Å². The fourth-order valence-electron chi connectivity index (χ4n) is 5.41. The van der Waals surface area contributed by atoms with Gasteiger partial charge in [-0.15, -0.1) is 0 Å². The van der Waals surface area contributed by atoms with E-state index in [0.717, 1.165) is 36.9 Å². The van der Waals surface area contributed by atoms with Gasteiger partial charge >= 0.3 is 0 Å². The minimum atomic E-state index is 0.374. The third-order valence-electron chi connectivity index (χ3n) is 7.14. The SMILES string of the molecule is OCC1CCC(CN2CCC(=C3c4ccccc4Sc4ccc(Cl)cc43)CC2)CC1. The summed E-state index contributed by atoms with van der Waals surface area (Å²) >= 11 is 8.27. The lowest BCUT2D eigenvalue weighted by molar-refractivity contribution is 0.137. The van der Waals surface area contributed by atoms with Crippen LogP contribution in [0.25, 0.3) is 5.57 Å². The second-order valence-electron chi connectivity index (χ2n) is 9.09. The maximum Gasteiger partial charge on any atom is 0.0459 e. The summed E-state index contributed by atoms with van der Waals surface area (Å²) in [5, 5.41) is 10.2. The monoisotopic (exact) mass is 439 g/mol. The third-order valence-corrected chi connectivity index (χ3v) is 8.53. The van der Waals surface area contributed by atoms with Crippen LogP contribution in [0.2, 0.25) is 5.02 Å². The first kappa shape index (κ1) is 20.6. The van der Waals surface area contributed by atoms with E-state index in [1.165, 1.54) is 58.7 Å². The number of aliphatic hydroxyl groups excluding tert-OH is 1. The largest absolute Gasteiger partial charge is 0.396 e. The standard InChI is InChI=1S/C26H30ClNOS/c27-21-9-10-25-23(15-21)26(22-3-1-2-4-24(22)30-25)20-11-13-28(14-12-20)16-18-5-7-19(17-29)8-6-18/h1-4,9-10,15,18-19,29H,5-8,11-14,16-17H2. The van der Waals surface area contributed by atoms with Crippen molar-refractivity contribution in [2.45, 2.75) is 48.3 Å².